The lowest BCUT2D eigenvalue weighted by atomic mass is 9.97. The minimum Gasteiger partial charge on any atom is -0.356 e. The first kappa shape index (κ1) is 15.0. The number of aromatic nitrogens is 2. The first-order chi connectivity index (χ1) is 9.47. The van der Waals surface area contributed by atoms with E-state index in [2.05, 4.69) is 20.2 Å². The first-order valence-electron chi connectivity index (χ1n) is 6.97. The van der Waals surface area contributed by atoms with Gasteiger partial charge in [0.1, 0.15) is 0 Å². The third kappa shape index (κ3) is 3.60. The van der Waals surface area contributed by atoms with E-state index >= 15 is 0 Å². The molecule has 0 radical (unpaired) electrons. The maximum Gasteiger partial charge on any atom is 0.216 e. The van der Waals surface area contributed by atoms with Crippen molar-refractivity contribution in [2.75, 3.05) is 24.5 Å². The number of hydrogen-bond acceptors (Lipinski definition) is 4. The monoisotopic (exact) mass is 296 g/mol. The van der Waals surface area contributed by atoms with Crippen molar-refractivity contribution in [1.82, 2.24) is 15.3 Å². The van der Waals surface area contributed by atoms with E-state index in [9.17, 15) is 4.79 Å². The number of aryl methyl sites for hydroxylation is 2. The number of rotatable bonds is 3. The van der Waals surface area contributed by atoms with Crippen LogP contribution < -0.4 is 10.2 Å². The fourth-order valence-electron chi connectivity index (χ4n) is 2.40. The molecule has 0 saturated carbocycles. The average Bonchev–Trinajstić information content (AvgIpc) is 2.41. The number of carbonyl (C=O) groups excluding carboxylic acids is 1. The van der Waals surface area contributed by atoms with Crippen molar-refractivity contribution in [1.29, 1.82) is 0 Å². The molecule has 1 aliphatic rings. The Bertz CT molecular complexity index is 498. The number of nitrogens with one attached hydrogen (secondary N) is 1. The lowest BCUT2D eigenvalue weighted by Crippen LogP contribution is -2.38. The molecule has 0 atom stereocenters. The van der Waals surface area contributed by atoms with Gasteiger partial charge < -0.3 is 10.2 Å². The van der Waals surface area contributed by atoms with Crippen molar-refractivity contribution in [2.45, 2.75) is 33.6 Å². The molecule has 2 rings (SSSR count). The predicted molar refractivity (Wildman–Crippen MR) is 80.1 cm³/mol. The molecule has 2 heterocycles. The molecule has 20 heavy (non-hydrogen) atoms. The highest BCUT2D eigenvalue weighted by molar-refractivity contribution is 6.31. The summed E-state index contributed by atoms with van der Waals surface area (Å²) in [6.45, 7) is 7.99. The van der Waals surface area contributed by atoms with Crippen LogP contribution in [-0.2, 0) is 4.79 Å². The maximum atomic E-state index is 10.9. The summed E-state index contributed by atoms with van der Waals surface area (Å²) in [5.41, 5.74) is 1.80. The lowest BCUT2D eigenvalue weighted by Gasteiger charge is -2.33. The van der Waals surface area contributed by atoms with Gasteiger partial charge in [0.25, 0.3) is 0 Å². The Kier molecular flexibility index (Phi) is 4.81. The predicted octanol–water partition coefficient (Wildman–Crippen LogP) is 2.10. The van der Waals surface area contributed by atoms with Gasteiger partial charge in [-0.15, -0.1) is 0 Å². The SMILES string of the molecule is CC(=O)NCC1CCN(c2nc(C)c(C)nc2Cl)CC1. The largest absolute Gasteiger partial charge is 0.356 e. The third-order valence-electron chi connectivity index (χ3n) is 3.80. The van der Waals surface area contributed by atoms with Gasteiger partial charge in [0.05, 0.1) is 11.4 Å². The van der Waals surface area contributed by atoms with Crippen molar-refractivity contribution in [3.05, 3.63) is 16.5 Å². The summed E-state index contributed by atoms with van der Waals surface area (Å²) in [5, 5.41) is 3.37. The van der Waals surface area contributed by atoms with E-state index in [1.807, 2.05) is 13.8 Å². The highest BCUT2D eigenvalue weighted by atomic mass is 35.5. The summed E-state index contributed by atoms with van der Waals surface area (Å²) in [5.74, 6) is 1.36. The fraction of sp³-hybridized carbons (Fsp3) is 0.643. The smallest absolute Gasteiger partial charge is 0.216 e. The molecule has 1 aromatic heterocycles. The molecule has 1 aromatic rings. The normalized spacial score (nSPS) is 16.3. The molecule has 0 aliphatic carbocycles. The number of amides is 1. The van der Waals surface area contributed by atoms with E-state index in [0.29, 0.717) is 11.1 Å². The minimum absolute atomic E-state index is 0.0375. The van der Waals surface area contributed by atoms with Gasteiger partial charge in [-0.3, -0.25) is 4.79 Å². The molecule has 0 unspecified atom stereocenters. The zero-order valence-corrected chi connectivity index (χ0v) is 13.0. The Balaban J connectivity index is 1.97. The summed E-state index contributed by atoms with van der Waals surface area (Å²) in [6, 6.07) is 0. The van der Waals surface area contributed by atoms with Crippen LogP contribution >= 0.6 is 11.6 Å². The quantitative estimate of drug-likeness (QED) is 0.928. The van der Waals surface area contributed by atoms with Gasteiger partial charge in [0.2, 0.25) is 5.91 Å². The highest BCUT2D eigenvalue weighted by Crippen LogP contribution is 2.27. The van der Waals surface area contributed by atoms with Gasteiger partial charge >= 0.3 is 0 Å². The molecule has 1 saturated heterocycles. The van der Waals surface area contributed by atoms with Gasteiger partial charge in [-0.2, -0.15) is 0 Å². The molecule has 5 nitrogen and oxygen atoms in total. The summed E-state index contributed by atoms with van der Waals surface area (Å²) in [7, 11) is 0. The molecule has 1 N–H and O–H groups in total. The van der Waals surface area contributed by atoms with Crippen LogP contribution in [0.5, 0.6) is 0 Å². The Labute approximate surface area is 124 Å². The summed E-state index contributed by atoms with van der Waals surface area (Å²) in [4.78, 5) is 22.0. The Morgan fingerprint density at radius 3 is 2.50 bits per heavy atom. The minimum atomic E-state index is 0.0375. The first-order valence-corrected chi connectivity index (χ1v) is 7.35. The van der Waals surface area contributed by atoms with E-state index in [-0.39, 0.29) is 5.91 Å². The molecule has 0 bridgehead atoms. The molecular formula is C14H21ClN4O. The van der Waals surface area contributed by atoms with E-state index < -0.39 is 0 Å². The van der Waals surface area contributed by atoms with Gasteiger partial charge in [0, 0.05) is 26.6 Å². The summed E-state index contributed by atoms with van der Waals surface area (Å²) >= 11 is 6.20. The Hall–Kier alpha value is -1.36. The van der Waals surface area contributed by atoms with Crippen molar-refractivity contribution >= 4 is 23.3 Å². The molecule has 1 aliphatic heterocycles. The van der Waals surface area contributed by atoms with Crippen LogP contribution in [0.15, 0.2) is 0 Å². The standard InChI is InChI=1S/C14H21ClN4O/c1-9-10(2)18-14(13(15)17-9)19-6-4-12(5-7-19)8-16-11(3)20/h12H,4-8H2,1-3H3,(H,16,20). The van der Waals surface area contributed by atoms with Crippen LogP contribution in [0.25, 0.3) is 0 Å². The Morgan fingerprint density at radius 2 is 1.90 bits per heavy atom. The second-order valence-corrected chi connectivity index (χ2v) is 5.73. The third-order valence-corrected chi connectivity index (χ3v) is 4.05. The van der Waals surface area contributed by atoms with Crippen LogP contribution in [0.4, 0.5) is 5.82 Å². The number of anilines is 1. The van der Waals surface area contributed by atoms with E-state index in [1.165, 1.54) is 0 Å². The van der Waals surface area contributed by atoms with Crippen LogP contribution in [0.3, 0.4) is 0 Å². The molecule has 0 aromatic carbocycles. The van der Waals surface area contributed by atoms with E-state index in [0.717, 1.165) is 49.7 Å². The van der Waals surface area contributed by atoms with Crippen LogP contribution in [-0.4, -0.2) is 35.5 Å². The number of halogens is 1. The van der Waals surface area contributed by atoms with Crippen LogP contribution in [0.1, 0.15) is 31.2 Å². The van der Waals surface area contributed by atoms with Gasteiger partial charge in [-0.05, 0) is 32.6 Å². The molecule has 0 spiro atoms. The summed E-state index contributed by atoms with van der Waals surface area (Å²) < 4.78 is 0. The molecular weight excluding hydrogens is 276 g/mol. The van der Waals surface area contributed by atoms with Gasteiger partial charge in [-0.25, -0.2) is 9.97 Å². The van der Waals surface area contributed by atoms with Crippen molar-refractivity contribution < 1.29 is 4.79 Å². The zero-order valence-electron chi connectivity index (χ0n) is 12.2. The molecule has 110 valence electrons. The second-order valence-electron chi connectivity index (χ2n) is 5.38. The van der Waals surface area contributed by atoms with Crippen LogP contribution in [0, 0.1) is 19.8 Å². The van der Waals surface area contributed by atoms with Gasteiger partial charge in [-0.1, -0.05) is 11.6 Å². The van der Waals surface area contributed by atoms with Crippen molar-refractivity contribution in [3.63, 3.8) is 0 Å². The fourth-order valence-corrected chi connectivity index (χ4v) is 2.69. The number of hydrogen-bond donors (Lipinski definition) is 1. The average molecular weight is 297 g/mol. The number of piperidine rings is 1. The molecule has 6 heteroatoms. The second kappa shape index (κ2) is 6.39. The lowest BCUT2D eigenvalue weighted by molar-refractivity contribution is -0.119. The molecule has 1 fully saturated rings. The van der Waals surface area contributed by atoms with Crippen LogP contribution in [0.2, 0.25) is 5.15 Å². The van der Waals surface area contributed by atoms with Gasteiger partial charge in [0.15, 0.2) is 11.0 Å². The summed E-state index contributed by atoms with van der Waals surface area (Å²) in [6.07, 6.45) is 2.07. The topological polar surface area (TPSA) is 58.1 Å². The van der Waals surface area contributed by atoms with E-state index in [4.69, 9.17) is 11.6 Å². The number of nitrogens with zero attached hydrogens (tertiary/aromatic N) is 3. The number of carbonyl (C=O) groups is 1. The zero-order chi connectivity index (χ0) is 14.7. The van der Waals surface area contributed by atoms with E-state index in [1.54, 1.807) is 6.92 Å². The molecule has 1 amide bonds. The maximum absolute atomic E-state index is 10.9. The Morgan fingerprint density at radius 1 is 1.30 bits per heavy atom. The van der Waals surface area contributed by atoms with Crippen molar-refractivity contribution in [3.8, 4) is 0 Å². The van der Waals surface area contributed by atoms with Crippen molar-refractivity contribution in [2.24, 2.45) is 5.92 Å². The highest BCUT2D eigenvalue weighted by Gasteiger charge is 2.22.